The minimum atomic E-state index is -0.491. The van der Waals surface area contributed by atoms with E-state index in [1.165, 1.54) is 7.11 Å². The van der Waals surface area contributed by atoms with E-state index in [-0.39, 0.29) is 11.8 Å². The van der Waals surface area contributed by atoms with Crippen molar-refractivity contribution in [2.75, 3.05) is 19.0 Å². The Kier molecular flexibility index (Phi) is 6.02. The maximum absolute atomic E-state index is 11.6. The molecule has 0 saturated heterocycles. The van der Waals surface area contributed by atoms with Gasteiger partial charge in [0, 0.05) is 19.3 Å². The van der Waals surface area contributed by atoms with Crippen LogP contribution in [-0.2, 0) is 20.7 Å². The predicted molar refractivity (Wildman–Crippen MR) is 73.9 cm³/mol. The molecule has 1 aromatic rings. The average Bonchev–Trinajstić information content (AvgIpc) is 2.40. The topological polar surface area (TPSA) is 67.4 Å². The summed E-state index contributed by atoms with van der Waals surface area (Å²) in [5.74, 6) is -0.203. The van der Waals surface area contributed by atoms with Gasteiger partial charge in [-0.05, 0) is 31.5 Å². The molecule has 0 radical (unpaired) electrons. The van der Waals surface area contributed by atoms with Gasteiger partial charge in [-0.2, -0.15) is 0 Å². The minimum Gasteiger partial charge on any atom is -0.372 e. The molecular weight excluding hydrogens is 244 g/mol. The third kappa shape index (κ3) is 5.09. The van der Waals surface area contributed by atoms with Crippen LogP contribution >= 0.6 is 0 Å². The second kappa shape index (κ2) is 7.53. The number of hydrogen-bond donors (Lipinski definition) is 2. The lowest BCUT2D eigenvalue weighted by atomic mass is 10.1. The molecule has 0 aliphatic carbocycles. The number of nitrogens with one attached hydrogen (secondary N) is 2. The molecule has 2 N–H and O–H groups in total. The van der Waals surface area contributed by atoms with Crippen LogP contribution in [0.5, 0.6) is 0 Å². The van der Waals surface area contributed by atoms with E-state index >= 15 is 0 Å². The van der Waals surface area contributed by atoms with Gasteiger partial charge in [0.25, 0.3) is 5.91 Å². The van der Waals surface area contributed by atoms with E-state index in [2.05, 4.69) is 10.6 Å². The SMILES string of the molecule is CCNC(=O)Cc1ccc(NC(=O)C(C)OC)cc1. The standard InChI is InChI=1S/C14H20N2O3/c1-4-15-13(17)9-11-5-7-12(8-6-11)16-14(18)10(2)19-3/h5-8,10H,4,9H2,1-3H3,(H,15,17)(H,16,18). The smallest absolute Gasteiger partial charge is 0.253 e. The molecular formula is C14H20N2O3. The van der Waals surface area contributed by atoms with Crippen molar-refractivity contribution in [3.8, 4) is 0 Å². The molecule has 0 spiro atoms. The number of amides is 2. The summed E-state index contributed by atoms with van der Waals surface area (Å²) in [5.41, 5.74) is 1.59. The first-order valence-corrected chi connectivity index (χ1v) is 6.26. The molecule has 5 nitrogen and oxygen atoms in total. The van der Waals surface area contributed by atoms with Gasteiger partial charge in [0.15, 0.2) is 0 Å². The van der Waals surface area contributed by atoms with Crippen LogP contribution in [0, 0.1) is 0 Å². The third-order valence-corrected chi connectivity index (χ3v) is 2.68. The van der Waals surface area contributed by atoms with Gasteiger partial charge < -0.3 is 15.4 Å². The zero-order valence-electron chi connectivity index (χ0n) is 11.5. The molecule has 0 aliphatic heterocycles. The number of ether oxygens (including phenoxy) is 1. The largest absolute Gasteiger partial charge is 0.372 e. The molecule has 0 aromatic heterocycles. The lowest BCUT2D eigenvalue weighted by molar-refractivity contribution is -0.124. The summed E-state index contributed by atoms with van der Waals surface area (Å²) in [5, 5.41) is 5.47. The number of hydrogen-bond acceptors (Lipinski definition) is 3. The van der Waals surface area contributed by atoms with E-state index < -0.39 is 6.10 Å². The second-order valence-corrected chi connectivity index (χ2v) is 4.19. The lowest BCUT2D eigenvalue weighted by Crippen LogP contribution is -2.26. The van der Waals surface area contributed by atoms with Gasteiger partial charge in [-0.3, -0.25) is 9.59 Å². The summed E-state index contributed by atoms with van der Waals surface area (Å²) in [6.07, 6.45) is -0.147. The van der Waals surface area contributed by atoms with Crippen LogP contribution in [0.15, 0.2) is 24.3 Å². The van der Waals surface area contributed by atoms with E-state index in [4.69, 9.17) is 4.74 Å². The Morgan fingerprint density at radius 1 is 1.26 bits per heavy atom. The summed E-state index contributed by atoms with van der Waals surface area (Å²) in [6, 6.07) is 7.19. The highest BCUT2D eigenvalue weighted by Gasteiger charge is 2.11. The fourth-order valence-corrected chi connectivity index (χ4v) is 1.50. The fraction of sp³-hybridized carbons (Fsp3) is 0.429. The van der Waals surface area contributed by atoms with Gasteiger partial charge in [0.2, 0.25) is 5.91 Å². The molecule has 0 bridgehead atoms. The number of carbonyl (C=O) groups excluding carboxylic acids is 2. The molecule has 1 aromatic carbocycles. The Bertz CT molecular complexity index is 429. The van der Waals surface area contributed by atoms with Crippen LogP contribution in [0.25, 0.3) is 0 Å². The Balaban J connectivity index is 2.56. The van der Waals surface area contributed by atoms with Gasteiger partial charge in [-0.25, -0.2) is 0 Å². The Morgan fingerprint density at radius 2 is 1.89 bits per heavy atom. The first-order valence-electron chi connectivity index (χ1n) is 6.26. The van der Waals surface area contributed by atoms with Crippen LogP contribution in [0.4, 0.5) is 5.69 Å². The van der Waals surface area contributed by atoms with Gasteiger partial charge in [-0.1, -0.05) is 12.1 Å². The van der Waals surface area contributed by atoms with Crippen molar-refractivity contribution in [3.05, 3.63) is 29.8 Å². The zero-order valence-corrected chi connectivity index (χ0v) is 11.5. The number of benzene rings is 1. The van der Waals surface area contributed by atoms with Crippen LogP contribution in [0.3, 0.4) is 0 Å². The Labute approximate surface area is 113 Å². The molecule has 1 atom stereocenters. The molecule has 2 amide bonds. The van der Waals surface area contributed by atoms with Gasteiger partial charge in [0.1, 0.15) is 6.10 Å². The lowest BCUT2D eigenvalue weighted by Gasteiger charge is -2.10. The van der Waals surface area contributed by atoms with Gasteiger partial charge in [0.05, 0.1) is 6.42 Å². The molecule has 0 saturated carbocycles. The normalized spacial score (nSPS) is 11.7. The maximum Gasteiger partial charge on any atom is 0.253 e. The van der Waals surface area contributed by atoms with Crippen molar-refractivity contribution in [1.29, 1.82) is 0 Å². The van der Waals surface area contributed by atoms with Crippen molar-refractivity contribution in [2.24, 2.45) is 0 Å². The van der Waals surface area contributed by atoms with Crippen molar-refractivity contribution in [3.63, 3.8) is 0 Å². The Morgan fingerprint density at radius 3 is 2.42 bits per heavy atom. The van der Waals surface area contributed by atoms with E-state index in [1.807, 2.05) is 19.1 Å². The highest BCUT2D eigenvalue weighted by Crippen LogP contribution is 2.10. The van der Waals surface area contributed by atoms with Crippen molar-refractivity contribution < 1.29 is 14.3 Å². The van der Waals surface area contributed by atoms with Gasteiger partial charge in [-0.15, -0.1) is 0 Å². The van der Waals surface area contributed by atoms with Crippen molar-refractivity contribution >= 4 is 17.5 Å². The van der Waals surface area contributed by atoms with Crippen molar-refractivity contribution in [2.45, 2.75) is 26.4 Å². The molecule has 1 unspecified atom stereocenters. The first kappa shape index (κ1) is 15.2. The molecule has 104 valence electrons. The molecule has 1 rings (SSSR count). The second-order valence-electron chi connectivity index (χ2n) is 4.19. The zero-order chi connectivity index (χ0) is 14.3. The first-order chi connectivity index (χ1) is 9.06. The summed E-state index contributed by atoms with van der Waals surface area (Å²) in [7, 11) is 1.49. The van der Waals surface area contributed by atoms with E-state index in [9.17, 15) is 9.59 Å². The van der Waals surface area contributed by atoms with Crippen LogP contribution < -0.4 is 10.6 Å². The van der Waals surface area contributed by atoms with Gasteiger partial charge >= 0.3 is 0 Å². The number of rotatable bonds is 6. The molecule has 19 heavy (non-hydrogen) atoms. The van der Waals surface area contributed by atoms with Crippen LogP contribution in [-0.4, -0.2) is 31.6 Å². The van der Waals surface area contributed by atoms with Crippen molar-refractivity contribution in [1.82, 2.24) is 5.32 Å². The minimum absolute atomic E-state index is 0.00714. The highest BCUT2D eigenvalue weighted by atomic mass is 16.5. The summed E-state index contributed by atoms with van der Waals surface area (Å²) >= 11 is 0. The average molecular weight is 264 g/mol. The number of carbonyl (C=O) groups is 2. The number of methoxy groups -OCH3 is 1. The highest BCUT2D eigenvalue weighted by molar-refractivity contribution is 5.93. The van der Waals surface area contributed by atoms with E-state index in [1.54, 1.807) is 19.1 Å². The summed E-state index contributed by atoms with van der Waals surface area (Å²) < 4.78 is 4.92. The Hall–Kier alpha value is -1.88. The number of anilines is 1. The predicted octanol–water partition coefficient (Wildman–Crippen LogP) is 1.34. The summed E-state index contributed by atoms with van der Waals surface area (Å²) in [6.45, 7) is 4.19. The number of likely N-dealkylation sites (N-methyl/N-ethyl adjacent to an activating group) is 1. The van der Waals surface area contributed by atoms with E-state index in [0.29, 0.717) is 18.7 Å². The molecule has 0 aliphatic rings. The monoisotopic (exact) mass is 264 g/mol. The van der Waals surface area contributed by atoms with E-state index in [0.717, 1.165) is 5.56 Å². The third-order valence-electron chi connectivity index (χ3n) is 2.68. The molecule has 0 heterocycles. The maximum atomic E-state index is 11.6. The van der Waals surface area contributed by atoms with Crippen LogP contribution in [0.2, 0.25) is 0 Å². The fourth-order valence-electron chi connectivity index (χ4n) is 1.50. The quantitative estimate of drug-likeness (QED) is 0.814. The summed E-state index contributed by atoms with van der Waals surface area (Å²) in [4.78, 5) is 23.0. The van der Waals surface area contributed by atoms with Crippen LogP contribution in [0.1, 0.15) is 19.4 Å². The molecule has 5 heteroatoms. The molecule has 0 fully saturated rings.